The molecule has 3 atom stereocenters. The van der Waals surface area contributed by atoms with E-state index in [-0.39, 0.29) is 24.3 Å². The first-order chi connectivity index (χ1) is 15.4. The fourth-order valence-electron chi connectivity index (χ4n) is 5.05. The molecule has 2 heterocycles. The molecule has 0 spiro atoms. The van der Waals surface area contributed by atoms with Gasteiger partial charge in [-0.05, 0) is 35.1 Å². The number of nitrogens with zero attached hydrogens (tertiary/aromatic N) is 2. The normalized spacial score (nSPS) is 26.2. The standard InChI is InChI=1S/C22H24F3N3O4S/c1-13-14(2)21(20(29)30,33(31,32)28-10-8-26-9-11-28)17-5-3-4-16(19(13)17)18-7-6-15(12-27-18)22(23,24)25/h3-7,12-14,26H,8-11H2,1-2H3,(H,29,30). The van der Waals surface area contributed by atoms with Gasteiger partial charge in [-0.1, -0.05) is 32.0 Å². The van der Waals surface area contributed by atoms with Crippen molar-refractivity contribution in [3.8, 4) is 11.3 Å². The minimum absolute atomic E-state index is 0.146. The van der Waals surface area contributed by atoms with E-state index in [0.29, 0.717) is 24.2 Å². The molecule has 3 unspecified atom stereocenters. The van der Waals surface area contributed by atoms with E-state index in [1.165, 1.54) is 22.5 Å². The number of carboxylic acid groups (broad SMARTS) is 1. The molecule has 1 fully saturated rings. The molecule has 33 heavy (non-hydrogen) atoms. The molecule has 4 rings (SSSR count). The second-order valence-corrected chi connectivity index (χ2v) is 10.6. The van der Waals surface area contributed by atoms with E-state index in [4.69, 9.17) is 0 Å². The Morgan fingerprint density at radius 1 is 1.18 bits per heavy atom. The molecular formula is C22H24F3N3O4S. The first-order valence-electron chi connectivity index (χ1n) is 10.5. The highest BCUT2D eigenvalue weighted by atomic mass is 32.2. The highest BCUT2D eigenvalue weighted by Crippen LogP contribution is 2.56. The molecule has 1 aromatic carbocycles. The van der Waals surface area contributed by atoms with Crippen LogP contribution < -0.4 is 5.32 Å². The number of alkyl halides is 3. The van der Waals surface area contributed by atoms with Crippen LogP contribution in [0.25, 0.3) is 11.3 Å². The number of aliphatic carboxylic acids is 1. The van der Waals surface area contributed by atoms with Crippen molar-refractivity contribution >= 4 is 16.0 Å². The Labute approximate surface area is 189 Å². The first-order valence-corrected chi connectivity index (χ1v) is 12.0. The fraction of sp³-hybridized carbons (Fsp3) is 0.455. The van der Waals surface area contributed by atoms with Crippen molar-refractivity contribution in [2.75, 3.05) is 26.2 Å². The Balaban J connectivity index is 1.92. The Kier molecular flexibility index (Phi) is 5.78. The van der Waals surface area contributed by atoms with E-state index < -0.39 is 44.3 Å². The summed E-state index contributed by atoms with van der Waals surface area (Å²) in [5.41, 5.74) is 0.381. The van der Waals surface area contributed by atoms with Crippen LogP contribution in [-0.4, -0.2) is 55.0 Å². The van der Waals surface area contributed by atoms with Gasteiger partial charge in [0, 0.05) is 37.9 Å². The number of hydrogen-bond donors (Lipinski definition) is 2. The molecule has 0 saturated carbocycles. The number of halogens is 3. The molecule has 2 N–H and O–H groups in total. The highest BCUT2D eigenvalue weighted by molar-refractivity contribution is 7.90. The molecule has 1 aromatic heterocycles. The van der Waals surface area contributed by atoms with E-state index in [0.717, 1.165) is 12.3 Å². The van der Waals surface area contributed by atoms with Gasteiger partial charge < -0.3 is 10.4 Å². The van der Waals surface area contributed by atoms with Crippen LogP contribution in [0, 0.1) is 5.92 Å². The molecule has 0 radical (unpaired) electrons. The van der Waals surface area contributed by atoms with E-state index >= 15 is 0 Å². The number of fused-ring (bicyclic) bond motifs is 1. The molecule has 178 valence electrons. The van der Waals surface area contributed by atoms with Gasteiger partial charge in [0.2, 0.25) is 14.8 Å². The van der Waals surface area contributed by atoms with E-state index in [1.807, 2.05) is 0 Å². The number of nitrogens with one attached hydrogen (secondary N) is 1. The Morgan fingerprint density at radius 2 is 1.85 bits per heavy atom. The average molecular weight is 484 g/mol. The van der Waals surface area contributed by atoms with E-state index in [9.17, 15) is 31.5 Å². The summed E-state index contributed by atoms with van der Waals surface area (Å²) in [6.07, 6.45) is -3.82. The minimum Gasteiger partial charge on any atom is -0.480 e. The second kappa shape index (κ2) is 8.07. The van der Waals surface area contributed by atoms with Gasteiger partial charge >= 0.3 is 12.1 Å². The van der Waals surface area contributed by atoms with Crippen LogP contribution in [0.4, 0.5) is 13.2 Å². The molecule has 1 aliphatic carbocycles. The topological polar surface area (TPSA) is 99.6 Å². The van der Waals surface area contributed by atoms with Gasteiger partial charge in [-0.15, -0.1) is 0 Å². The summed E-state index contributed by atoms with van der Waals surface area (Å²) >= 11 is 0. The lowest BCUT2D eigenvalue weighted by atomic mass is 9.88. The Hall–Kier alpha value is -2.50. The van der Waals surface area contributed by atoms with Crippen LogP contribution >= 0.6 is 0 Å². The smallest absolute Gasteiger partial charge is 0.417 e. The average Bonchev–Trinajstić information content (AvgIpc) is 3.02. The number of benzene rings is 1. The zero-order valence-corrected chi connectivity index (χ0v) is 18.9. The molecule has 0 bridgehead atoms. The van der Waals surface area contributed by atoms with Crippen molar-refractivity contribution in [3.05, 3.63) is 53.2 Å². The number of rotatable bonds is 4. The van der Waals surface area contributed by atoms with Crippen molar-refractivity contribution < 1.29 is 31.5 Å². The summed E-state index contributed by atoms with van der Waals surface area (Å²) in [5.74, 6) is -2.77. The minimum atomic E-state index is -4.54. The lowest BCUT2D eigenvalue weighted by molar-refractivity contribution is -0.142. The SMILES string of the molecule is CC1c2c(-c3ccc(C(F)(F)F)cn3)cccc2C(C(=O)O)(S(=O)(=O)N2CCNCC2)C1C. The molecule has 11 heteroatoms. The maximum Gasteiger partial charge on any atom is 0.417 e. The first kappa shape index (κ1) is 23.7. The predicted octanol–water partition coefficient (Wildman–Crippen LogP) is 3.04. The maximum atomic E-state index is 13.8. The summed E-state index contributed by atoms with van der Waals surface area (Å²) < 4.78 is 65.6. The second-order valence-electron chi connectivity index (χ2n) is 8.47. The quantitative estimate of drug-likeness (QED) is 0.694. The Bertz CT molecular complexity index is 1180. The Morgan fingerprint density at radius 3 is 2.39 bits per heavy atom. The molecule has 2 aromatic rings. The van der Waals surface area contributed by atoms with Crippen LogP contribution in [0.1, 0.15) is 36.5 Å². The predicted molar refractivity (Wildman–Crippen MR) is 115 cm³/mol. The van der Waals surface area contributed by atoms with Crippen molar-refractivity contribution in [2.45, 2.75) is 30.7 Å². The summed E-state index contributed by atoms with van der Waals surface area (Å²) in [5, 5.41) is 13.5. The lowest BCUT2D eigenvalue weighted by Gasteiger charge is -2.37. The van der Waals surface area contributed by atoms with Crippen molar-refractivity contribution in [2.24, 2.45) is 5.92 Å². The molecule has 7 nitrogen and oxygen atoms in total. The van der Waals surface area contributed by atoms with Crippen molar-refractivity contribution in [1.29, 1.82) is 0 Å². The highest BCUT2D eigenvalue weighted by Gasteiger charge is 2.65. The summed E-state index contributed by atoms with van der Waals surface area (Å²) in [6.45, 7) is 4.50. The van der Waals surface area contributed by atoms with Crippen molar-refractivity contribution in [1.82, 2.24) is 14.6 Å². The zero-order chi connectivity index (χ0) is 24.2. The van der Waals surface area contributed by atoms with Crippen LogP contribution in [-0.2, 0) is 25.7 Å². The zero-order valence-electron chi connectivity index (χ0n) is 18.1. The molecule has 2 aliphatic rings. The molecule has 0 amide bonds. The van der Waals surface area contributed by atoms with E-state index in [1.54, 1.807) is 19.9 Å². The summed E-state index contributed by atoms with van der Waals surface area (Å²) in [6, 6.07) is 6.79. The van der Waals surface area contributed by atoms with Crippen LogP contribution in [0.3, 0.4) is 0 Å². The molecule has 1 aliphatic heterocycles. The third-order valence-corrected chi connectivity index (χ3v) is 9.49. The van der Waals surface area contributed by atoms with E-state index in [2.05, 4.69) is 10.3 Å². The van der Waals surface area contributed by atoms with Crippen LogP contribution in [0.5, 0.6) is 0 Å². The summed E-state index contributed by atoms with van der Waals surface area (Å²) in [4.78, 5) is 16.7. The van der Waals surface area contributed by atoms with Crippen molar-refractivity contribution in [3.63, 3.8) is 0 Å². The van der Waals surface area contributed by atoms with Crippen LogP contribution in [0.2, 0.25) is 0 Å². The number of aromatic nitrogens is 1. The number of pyridine rings is 1. The number of piperazine rings is 1. The van der Waals surface area contributed by atoms with Gasteiger partial charge in [0.15, 0.2) is 0 Å². The molecule has 1 saturated heterocycles. The van der Waals surface area contributed by atoms with Gasteiger partial charge in [-0.25, -0.2) is 8.42 Å². The number of sulfonamides is 1. The van der Waals surface area contributed by atoms with Gasteiger partial charge in [0.25, 0.3) is 0 Å². The molecular weight excluding hydrogens is 459 g/mol. The third kappa shape index (κ3) is 3.44. The number of carbonyl (C=O) groups is 1. The van der Waals surface area contributed by atoms with Crippen LogP contribution in [0.15, 0.2) is 36.5 Å². The number of hydrogen-bond acceptors (Lipinski definition) is 5. The van der Waals surface area contributed by atoms with Gasteiger partial charge in [-0.2, -0.15) is 17.5 Å². The fourth-order valence-corrected chi connectivity index (χ4v) is 7.47. The maximum absolute atomic E-state index is 13.8. The van der Waals surface area contributed by atoms with Gasteiger partial charge in [0.05, 0.1) is 11.3 Å². The van der Waals surface area contributed by atoms with Gasteiger partial charge in [-0.3, -0.25) is 9.78 Å². The summed E-state index contributed by atoms with van der Waals surface area (Å²) in [7, 11) is -4.32. The monoisotopic (exact) mass is 483 g/mol. The van der Waals surface area contributed by atoms with Gasteiger partial charge in [0.1, 0.15) is 0 Å². The lowest BCUT2D eigenvalue weighted by Crippen LogP contribution is -2.57. The largest absolute Gasteiger partial charge is 0.480 e. The number of carboxylic acids is 1. The third-order valence-electron chi connectivity index (χ3n) is 6.86.